The Kier molecular flexibility index (Phi) is 31.6. The van der Waals surface area contributed by atoms with Gasteiger partial charge in [0.25, 0.3) is 0 Å². The van der Waals surface area contributed by atoms with Crippen molar-refractivity contribution in [3.63, 3.8) is 0 Å². The first kappa shape index (κ1) is 51.9. The molecule has 18 nitrogen and oxygen atoms in total. The summed E-state index contributed by atoms with van der Waals surface area (Å²) in [6.07, 6.45) is -6.67. The molecular formula is C12H23MgNa3O18S. The van der Waals surface area contributed by atoms with E-state index in [1.54, 1.807) is 0 Å². The van der Waals surface area contributed by atoms with Crippen molar-refractivity contribution in [1.29, 1.82) is 0 Å². The largest absolute Gasteiger partial charge is 2.00 e. The van der Waals surface area contributed by atoms with Crippen molar-refractivity contribution in [2.24, 2.45) is 0 Å². The molecule has 0 aliphatic heterocycles. The van der Waals surface area contributed by atoms with Gasteiger partial charge in [-0.15, -0.1) is 0 Å². The Bertz CT molecular complexity index is 871. The fraction of sp³-hybridized carbons (Fsp3) is 0.500. The number of esters is 1. The molecule has 0 bridgehead atoms. The Morgan fingerprint density at radius 3 is 1.40 bits per heavy atom. The van der Waals surface area contributed by atoms with Crippen molar-refractivity contribution in [3.05, 3.63) is 0 Å². The van der Waals surface area contributed by atoms with Gasteiger partial charge in [0.05, 0.1) is 25.7 Å². The summed E-state index contributed by atoms with van der Waals surface area (Å²) in [6, 6.07) is 0. The Morgan fingerprint density at radius 2 is 1.11 bits per heavy atom. The molecule has 35 heavy (non-hydrogen) atoms. The molecule has 0 aliphatic carbocycles. The second-order valence-electron chi connectivity index (χ2n) is 5.49. The van der Waals surface area contributed by atoms with Gasteiger partial charge in [-0.1, -0.05) is 0 Å². The fourth-order valence-electron chi connectivity index (χ4n) is 1.91. The van der Waals surface area contributed by atoms with E-state index in [2.05, 4.69) is 8.92 Å². The number of ether oxygens (including phenoxy) is 1. The van der Waals surface area contributed by atoms with Gasteiger partial charge < -0.3 is 52.5 Å². The topological polar surface area (TPSA) is 339 Å². The maximum absolute atomic E-state index is 11.9. The molecule has 0 radical (unpaired) electrons. The summed E-state index contributed by atoms with van der Waals surface area (Å²) >= 11 is 0. The van der Waals surface area contributed by atoms with Crippen LogP contribution in [0.3, 0.4) is 0 Å². The molecule has 190 valence electrons. The van der Waals surface area contributed by atoms with E-state index in [1.165, 1.54) is 0 Å². The van der Waals surface area contributed by atoms with E-state index in [9.17, 15) is 47.4 Å². The molecule has 0 fully saturated rings. The molecule has 0 saturated carbocycles. The van der Waals surface area contributed by atoms with Crippen molar-refractivity contribution in [1.82, 2.24) is 0 Å². The van der Waals surface area contributed by atoms with Crippen LogP contribution in [0.1, 0.15) is 32.8 Å². The fourth-order valence-corrected chi connectivity index (χ4v) is 2.20. The maximum Gasteiger partial charge on any atom is 2.00 e. The number of rotatable bonds is 12. The minimum absolute atomic E-state index is 0. The van der Waals surface area contributed by atoms with Gasteiger partial charge in [-0.05, 0) is 0 Å². The molecule has 23 heteroatoms. The second-order valence-corrected chi connectivity index (χ2v) is 6.51. The summed E-state index contributed by atoms with van der Waals surface area (Å²) in [5.41, 5.74) is -6.64. The van der Waals surface area contributed by atoms with Crippen LogP contribution in [0.4, 0.5) is 0 Å². The first-order valence-corrected chi connectivity index (χ1v) is 8.33. The van der Waals surface area contributed by atoms with Gasteiger partial charge in [0.15, 0.2) is 5.60 Å². The summed E-state index contributed by atoms with van der Waals surface area (Å²) < 4.78 is 37.1. The van der Waals surface area contributed by atoms with Crippen LogP contribution in [0, 0.1) is 0 Å². The van der Waals surface area contributed by atoms with E-state index >= 15 is 0 Å². The van der Waals surface area contributed by atoms with Crippen LogP contribution in [-0.4, -0.2) is 120 Å². The molecular weight excluding hydrogens is 557 g/mol. The number of aliphatic carboxylic acids is 4. The standard InChI is InChI=1S/C12H14O16S.Mg.3Na.2H2O.5H/c13-5(14)1-11(23,9(19)20)3-7(17)27-12(10(21)22,2-6(15)16)4-8(18)28-29(24,25)26;;;;;;;;;;;/h23H,1-4H2,(H,13,14)(H,15,16)(H,19,20)(H,21,22)(H,24,25,26);;;;;2*1H2;;;;;/q;+2;3*+1;;;5*-1. The van der Waals surface area contributed by atoms with Gasteiger partial charge in [0, 0.05) is 0 Å². The Morgan fingerprint density at radius 1 is 0.714 bits per heavy atom. The second kappa shape index (κ2) is 21.3. The van der Waals surface area contributed by atoms with Crippen molar-refractivity contribution in [3.8, 4) is 0 Å². The quantitative estimate of drug-likeness (QED) is 0.0708. The van der Waals surface area contributed by atoms with Crippen LogP contribution >= 0.6 is 0 Å². The molecule has 2 atom stereocenters. The third kappa shape index (κ3) is 20.1. The zero-order chi connectivity index (χ0) is 23.2. The normalized spacial score (nSPS) is 12.6. The predicted octanol–water partition coefficient (Wildman–Crippen LogP) is -13.2. The molecule has 0 aromatic carbocycles. The Balaban J connectivity index is -0.0000000713. The van der Waals surface area contributed by atoms with Gasteiger partial charge in [-0.2, -0.15) is 8.42 Å². The van der Waals surface area contributed by atoms with E-state index in [4.69, 9.17) is 19.9 Å². The van der Waals surface area contributed by atoms with Gasteiger partial charge >= 0.3 is 158 Å². The molecule has 0 rings (SSSR count). The SMILES string of the molecule is O.O.O=C(O)CC(O)(CC(=O)OC(CC(=O)O)(CC(=O)OS(=O)(=O)O)C(=O)O)C(=O)O.[H-].[H-].[H-].[H-].[H-].[Mg+2].[Na+].[Na+].[Na+]. The number of carbonyl (C=O) groups excluding carboxylic acids is 2. The molecule has 0 aliphatic rings. The van der Waals surface area contributed by atoms with Crippen LogP contribution in [0.5, 0.6) is 0 Å². The van der Waals surface area contributed by atoms with E-state index < -0.39 is 83.1 Å². The van der Waals surface area contributed by atoms with Crippen molar-refractivity contribution in [2.45, 2.75) is 36.9 Å². The average Bonchev–Trinajstić information content (AvgIpc) is 2.41. The van der Waals surface area contributed by atoms with E-state index in [0.29, 0.717) is 0 Å². The summed E-state index contributed by atoms with van der Waals surface area (Å²) in [7, 11) is -5.45. The third-order valence-electron chi connectivity index (χ3n) is 3.04. The van der Waals surface area contributed by atoms with Crippen molar-refractivity contribution in [2.75, 3.05) is 0 Å². The first-order chi connectivity index (χ1) is 12.9. The number of hydrogen-bond donors (Lipinski definition) is 6. The number of carboxylic acids is 4. The van der Waals surface area contributed by atoms with Crippen LogP contribution in [-0.2, 0) is 48.1 Å². The van der Waals surface area contributed by atoms with E-state index in [1.807, 2.05) is 0 Å². The summed E-state index contributed by atoms with van der Waals surface area (Å²) in [5.74, 6) is -12.4. The molecule has 0 spiro atoms. The minimum Gasteiger partial charge on any atom is -1.00 e. The molecule has 0 heterocycles. The van der Waals surface area contributed by atoms with Crippen LogP contribution in [0.25, 0.3) is 0 Å². The average molecular weight is 581 g/mol. The van der Waals surface area contributed by atoms with E-state index in [0.717, 1.165) is 0 Å². The molecule has 0 aromatic heterocycles. The first-order valence-electron chi connectivity index (χ1n) is 6.97. The Hall–Kier alpha value is 0.376. The number of hydrogen-bond acceptors (Lipinski definition) is 11. The van der Waals surface area contributed by atoms with Gasteiger partial charge in [0.2, 0.25) is 5.60 Å². The maximum atomic E-state index is 11.9. The molecule has 10 N–H and O–H groups in total. The van der Waals surface area contributed by atoms with Gasteiger partial charge in [-0.25, -0.2) is 9.59 Å². The van der Waals surface area contributed by atoms with Crippen LogP contribution < -0.4 is 88.7 Å². The smallest absolute Gasteiger partial charge is 1.00 e. The summed E-state index contributed by atoms with van der Waals surface area (Å²) in [5, 5.41) is 45.2. The van der Waals surface area contributed by atoms with Crippen LogP contribution in [0.2, 0.25) is 0 Å². The predicted molar refractivity (Wildman–Crippen MR) is 99.0 cm³/mol. The van der Waals surface area contributed by atoms with Gasteiger partial charge in [-0.3, -0.25) is 23.7 Å². The molecule has 0 aromatic rings. The molecule has 0 saturated heterocycles. The van der Waals surface area contributed by atoms with Crippen molar-refractivity contribution < 1.29 is 183 Å². The van der Waals surface area contributed by atoms with Gasteiger partial charge in [0.1, 0.15) is 0 Å². The van der Waals surface area contributed by atoms with Crippen molar-refractivity contribution >= 4 is 69.3 Å². The zero-order valence-electron chi connectivity index (χ0n) is 23.7. The molecule has 0 amide bonds. The number of aliphatic hydroxyl groups is 1. The third-order valence-corrected chi connectivity index (χ3v) is 3.44. The zero-order valence-corrected chi connectivity index (χ0v) is 26.9. The summed E-state index contributed by atoms with van der Waals surface area (Å²) in [6.45, 7) is 0. The summed E-state index contributed by atoms with van der Waals surface area (Å²) in [4.78, 5) is 67.3. The number of carbonyl (C=O) groups is 6. The van der Waals surface area contributed by atoms with Crippen LogP contribution in [0.15, 0.2) is 0 Å². The number of carboxylic acid groups (broad SMARTS) is 4. The Labute approximate surface area is 286 Å². The molecule has 2 unspecified atom stereocenters. The van der Waals surface area contributed by atoms with E-state index in [-0.39, 0.29) is 130 Å². The monoisotopic (exact) mass is 580 g/mol. The minimum atomic E-state index is -5.45.